The molecule has 1 rings (SSSR count). The Balaban J connectivity index is 2.57. The van der Waals surface area contributed by atoms with Crippen molar-refractivity contribution in [3.05, 3.63) is 24.3 Å². The Kier molecular flexibility index (Phi) is 5.33. The van der Waals surface area contributed by atoms with Gasteiger partial charge in [-0.15, -0.1) is 11.8 Å². The van der Waals surface area contributed by atoms with Gasteiger partial charge in [0.2, 0.25) is 0 Å². The van der Waals surface area contributed by atoms with Crippen LogP contribution < -0.4 is 10.1 Å². The summed E-state index contributed by atoms with van der Waals surface area (Å²) in [5, 5.41) is 12.3. The number of nitriles is 1. The minimum atomic E-state index is -0.473. The number of hydrogen-bond donors (Lipinski definition) is 1. The van der Waals surface area contributed by atoms with Gasteiger partial charge in [-0.2, -0.15) is 5.26 Å². The van der Waals surface area contributed by atoms with Gasteiger partial charge in [-0.05, 0) is 37.7 Å². The number of nitrogens with one attached hydrogen (secondary N) is 1. The Morgan fingerprint density at radius 2 is 2.06 bits per heavy atom. The van der Waals surface area contributed by atoms with Gasteiger partial charge < -0.3 is 4.74 Å². The second-order valence-corrected chi connectivity index (χ2v) is 4.99. The standard InChI is InChI=1S/C13H18N2OS/c1-4-15-13(2,9-14)10-17-12-7-5-11(16-3)6-8-12/h5-8,15H,4,10H2,1-3H3. The van der Waals surface area contributed by atoms with Crippen LogP contribution in [0.1, 0.15) is 13.8 Å². The molecule has 0 heterocycles. The first kappa shape index (κ1) is 13.9. The van der Waals surface area contributed by atoms with E-state index in [9.17, 15) is 0 Å². The number of ether oxygens (including phenoxy) is 1. The molecule has 17 heavy (non-hydrogen) atoms. The van der Waals surface area contributed by atoms with E-state index in [1.165, 1.54) is 0 Å². The molecule has 1 aromatic carbocycles. The molecule has 0 bridgehead atoms. The van der Waals surface area contributed by atoms with Gasteiger partial charge >= 0.3 is 0 Å². The van der Waals surface area contributed by atoms with E-state index < -0.39 is 5.54 Å². The topological polar surface area (TPSA) is 45.0 Å². The lowest BCUT2D eigenvalue weighted by Crippen LogP contribution is -2.43. The van der Waals surface area contributed by atoms with Crippen LogP contribution in [0.3, 0.4) is 0 Å². The highest BCUT2D eigenvalue weighted by Gasteiger charge is 2.22. The van der Waals surface area contributed by atoms with Crippen molar-refractivity contribution in [1.82, 2.24) is 5.32 Å². The first-order chi connectivity index (χ1) is 8.13. The van der Waals surface area contributed by atoms with Gasteiger partial charge in [0.25, 0.3) is 0 Å². The van der Waals surface area contributed by atoms with Gasteiger partial charge in [0.15, 0.2) is 0 Å². The number of rotatable bonds is 6. The van der Waals surface area contributed by atoms with E-state index in [1.807, 2.05) is 38.1 Å². The first-order valence-electron chi connectivity index (χ1n) is 5.56. The molecule has 92 valence electrons. The van der Waals surface area contributed by atoms with Gasteiger partial charge in [-0.1, -0.05) is 6.92 Å². The van der Waals surface area contributed by atoms with E-state index >= 15 is 0 Å². The van der Waals surface area contributed by atoms with Crippen molar-refractivity contribution in [3.63, 3.8) is 0 Å². The Morgan fingerprint density at radius 3 is 2.53 bits per heavy atom. The molecule has 0 saturated carbocycles. The third-order valence-corrected chi connectivity index (χ3v) is 3.73. The van der Waals surface area contributed by atoms with Crippen molar-refractivity contribution in [2.45, 2.75) is 24.3 Å². The third kappa shape index (κ3) is 4.29. The highest BCUT2D eigenvalue weighted by molar-refractivity contribution is 7.99. The Hall–Kier alpha value is -1.18. The Bertz CT molecular complexity index is 385. The fraction of sp³-hybridized carbons (Fsp3) is 0.462. The summed E-state index contributed by atoms with van der Waals surface area (Å²) in [7, 11) is 1.65. The number of thioether (sulfide) groups is 1. The van der Waals surface area contributed by atoms with E-state index in [4.69, 9.17) is 10.00 Å². The monoisotopic (exact) mass is 250 g/mol. The fourth-order valence-corrected chi connectivity index (χ4v) is 2.36. The fourth-order valence-electron chi connectivity index (χ4n) is 1.41. The Morgan fingerprint density at radius 1 is 1.41 bits per heavy atom. The van der Waals surface area contributed by atoms with E-state index in [0.29, 0.717) is 0 Å². The molecule has 1 N–H and O–H groups in total. The minimum Gasteiger partial charge on any atom is -0.497 e. The highest BCUT2D eigenvalue weighted by Crippen LogP contribution is 2.24. The SMILES string of the molecule is CCNC(C)(C#N)CSc1ccc(OC)cc1. The van der Waals surface area contributed by atoms with E-state index in [0.717, 1.165) is 22.9 Å². The largest absolute Gasteiger partial charge is 0.497 e. The van der Waals surface area contributed by atoms with Gasteiger partial charge in [0.05, 0.1) is 13.2 Å². The van der Waals surface area contributed by atoms with Crippen LogP contribution in [0.4, 0.5) is 0 Å². The molecule has 0 spiro atoms. The van der Waals surface area contributed by atoms with Crippen LogP contribution in [-0.2, 0) is 0 Å². The van der Waals surface area contributed by atoms with E-state index in [2.05, 4.69) is 11.4 Å². The predicted molar refractivity (Wildman–Crippen MR) is 71.4 cm³/mol. The molecule has 0 aliphatic carbocycles. The van der Waals surface area contributed by atoms with E-state index in [-0.39, 0.29) is 0 Å². The van der Waals surface area contributed by atoms with Gasteiger partial charge in [0, 0.05) is 10.6 Å². The molecular formula is C13H18N2OS. The second-order valence-electron chi connectivity index (χ2n) is 3.94. The molecule has 0 fully saturated rings. The van der Waals surface area contributed by atoms with Crippen LogP contribution in [0.2, 0.25) is 0 Å². The molecule has 0 aliphatic heterocycles. The van der Waals surface area contributed by atoms with Crippen LogP contribution >= 0.6 is 11.8 Å². The molecule has 3 nitrogen and oxygen atoms in total. The molecule has 0 radical (unpaired) electrons. The summed E-state index contributed by atoms with van der Waals surface area (Å²) < 4.78 is 5.10. The molecular weight excluding hydrogens is 232 g/mol. The summed E-state index contributed by atoms with van der Waals surface area (Å²) in [6, 6.07) is 10.2. The third-order valence-electron chi connectivity index (χ3n) is 2.40. The van der Waals surface area contributed by atoms with Crippen LogP contribution in [0.5, 0.6) is 5.75 Å². The predicted octanol–water partition coefficient (Wildman–Crippen LogP) is 2.68. The van der Waals surface area contributed by atoms with Gasteiger partial charge in [-0.25, -0.2) is 0 Å². The zero-order valence-corrected chi connectivity index (χ0v) is 11.3. The maximum atomic E-state index is 9.13. The average Bonchev–Trinajstić information content (AvgIpc) is 2.37. The average molecular weight is 250 g/mol. The van der Waals surface area contributed by atoms with Gasteiger partial charge in [0.1, 0.15) is 11.3 Å². The number of hydrogen-bond acceptors (Lipinski definition) is 4. The van der Waals surface area contributed by atoms with Crippen molar-refractivity contribution >= 4 is 11.8 Å². The lowest BCUT2D eigenvalue weighted by molar-refractivity contribution is 0.414. The molecule has 1 aromatic rings. The molecule has 0 amide bonds. The smallest absolute Gasteiger partial charge is 0.118 e. The zero-order valence-electron chi connectivity index (χ0n) is 10.5. The Labute approximate surface area is 107 Å². The maximum Gasteiger partial charge on any atom is 0.118 e. The molecule has 1 unspecified atom stereocenters. The van der Waals surface area contributed by atoms with Crippen molar-refractivity contribution in [2.75, 3.05) is 19.4 Å². The number of methoxy groups -OCH3 is 1. The van der Waals surface area contributed by atoms with Gasteiger partial charge in [-0.3, -0.25) is 5.32 Å². The molecule has 0 saturated heterocycles. The summed E-state index contributed by atoms with van der Waals surface area (Å²) in [5.74, 6) is 1.58. The lowest BCUT2D eigenvalue weighted by atomic mass is 10.1. The van der Waals surface area contributed by atoms with Crippen LogP contribution in [0.15, 0.2) is 29.2 Å². The summed E-state index contributed by atoms with van der Waals surface area (Å²) >= 11 is 1.67. The van der Waals surface area contributed by atoms with Crippen molar-refractivity contribution in [3.8, 4) is 11.8 Å². The first-order valence-corrected chi connectivity index (χ1v) is 6.55. The number of nitrogens with zero attached hydrogens (tertiary/aromatic N) is 1. The quantitative estimate of drug-likeness (QED) is 0.788. The highest BCUT2D eigenvalue weighted by atomic mass is 32.2. The normalized spacial score (nSPS) is 13.8. The molecule has 0 aromatic heterocycles. The summed E-state index contributed by atoms with van der Waals surface area (Å²) in [5.41, 5.74) is -0.473. The van der Waals surface area contributed by atoms with Crippen molar-refractivity contribution in [1.29, 1.82) is 5.26 Å². The second kappa shape index (κ2) is 6.53. The van der Waals surface area contributed by atoms with Crippen LogP contribution in [-0.4, -0.2) is 24.9 Å². The minimum absolute atomic E-state index is 0.473. The van der Waals surface area contributed by atoms with Crippen LogP contribution in [0, 0.1) is 11.3 Å². The van der Waals surface area contributed by atoms with Crippen molar-refractivity contribution in [2.24, 2.45) is 0 Å². The van der Waals surface area contributed by atoms with E-state index in [1.54, 1.807) is 18.9 Å². The maximum absolute atomic E-state index is 9.13. The summed E-state index contributed by atoms with van der Waals surface area (Å²) in [6.45, 7) is 4.73. The molecule has 0 aliphatic rings. The zero-order chi connectivity index (χ0) is 12.7. The van der Waals surface area contributed by atoms with Crippen LogP contribution in [0.25, 0.3) is 0 Å². The summed E-state index contributed by atoms with van der Waals surface area (Å²) in [6.07, 6.45) is 0. The van der Waals surface area contributed by atoms with Crippen molar-refractivity contribution < 1.29 is 4.74 Å². The molecule has 4 heteroatoms. The summed E-state index contributed by atoms with van der Waals surface area (Å²) in [4.78, 5) is 1.14. The number of benzene rings is 1. The lowest BCUT2D eigenvalue weighted by Gasteiger charge is -2.21. The molecule has 1 atom stereocenters.